The number of hydrogen-bond donors (Lipinski definition) is 5. The highest BCUT2D eigenvalue weighted by Crippen LogP contribution is 2.21. The third kappa shape index (κ3) is 23.3. The number of hydrogen-bond acceptors (Lipinski definition) is 13. The smallest absolute Gasteiger partial charge is 0.408 e. The van der Waals surface area contributed by atoms with E-state index in [4.69, 9.17) is 19.9 Å². The van der Waals surface area contributed by atoms with Crippen molar-refractivity contribution in [3.63, 3.8) is 0 Å². The minimum absolute atomic E-state index is 0.0512. The number of H-pyrrole nitrogens is 1. The highest BCUT2D eigenvalue weighted by Gasteiger charge is 2.31. The van der Waals surface area contributed by atoms with E-state index < -0.39 is 35.2 Å². The molecule has 2 amide bonds. The summed E-state index contributed by atoms with van der Waals surface area (Å²) >= 11 is 1.36. The zero-order chi connectivity index (χ0) is 49.2. The number of unbranched alkanes of at least 4 members (excludes halogenated alkanes) is 13. The molecule has 2 heterocycles. The predicted octanol–water partition coefficient (Wildman–Crippen LogP) is 9.94. The third-order valence-corrected chi connectivity index (χ3v) is 11.9. The summed E-state index contributed by atoms with van der Waals surface area (Å²) in [4.78, 5) is 77.8. The Morgan fingerprint density at radius 3 is 2.03 bits per heavy atom. The van der Waals surface area contributed by atoms with Crippen molar-refractivity contribution in [2.75, 3.05) is 47.6 Å². The Bertz CT molecular complexity index is 2010. The molecule has 0 saturated carbocycles. The molecule has 0 bridgehead atoms. The Kier molecular flexibility index (Phi) is 25.4. The molecule has 3 rings (SSSR count). The number of aromatic nitrogens is 4. The van der Waals surface area contributed by atoms with Gasteiger partial charge in [0.25, 0.3) is 0 Å². The van der Waals surface area contributed by atoms with Gasteiger partial charge in [-0.3, -0.25) is 19.0 Å². The summed E-state index contributed by atoms with van der Waals surface area (Å²) in [6.07, 6.45) is 17.4. The fourth-order valence-corrected chi connectivity index (χ4v) is 8.05. The predicted molar refractivity (Wildman–Crippen MR) is 271 cm³/mol. The summed E-state index contributed by atoms with van der Waals surface area (Å²) < 4.78 is 18.5. The van der Waals surface area contributed by atoms with Crippen molar-refractivity contribution in [1.82, 2.24) is 24.8 Å². The number of thioether (sulfide) groups is 1. The van der Waals surface area contributed by atoms with E-state index in [1.165, 1.54) is 80.5 Å². The molecule has 0 aliphatic rings. The number of rotatable bonds is 33. The van der Waals surface area contributed by atoms with E-state index in [1.54, 1.807) is 45.0 Å². The second-order valence-electron chi connectivity index (χ2n) is 19.4. The number of anilines is 3. The van der Waals surface area contributed by atoms with Crippen LogP contribution in [0.1, 0.15) is 170 Å². The quantitative estimate of drug-likeness (QED) is 0.0284. The first-order chi connectivity index (χ1) is 31.9. The molecule has 3 aromatic rings. The minimum atomic E-state index is -0.984. The summed E-state index contributed by atoms with van der Waals surface area (Å²) in [5, 5.41) is 8.78. The van der Waals surface area contributed by atoms with Crippen molar-refractivity contribution in [3.05, 3.63) is 40.3 Å². The fourth-order valence-electron chi connectivity index (χ4n) is 7.18. The highest BCUT2D eigenvalue weighted by molar-refractivity contribution is 7.99. The zero-order valence-electron chi connectivity index (χ0n) is 41.8. The molecule has 6 N–H and O–H groups in total. The maximum absolute atomic E-state index is 14.0. The molecule has 0 aliphatic heterocycles. The second-order valence-corrected chi connectivity index (χ2v) is 20.5. The van der Waals surface area contributed by atoms with Crippen molar-refractivity contribution < 1.29 is 33.4 Å². The first-order valence-electron chi connectivity index (χ1n) is 24.7. The van der Waals surface area contributed by atoms with Crippen LogP contribution >= 0.6 is 11.8 Å². The van der Waals surface area contributed by atoms with Gasteiger partial charge >= 0.3 is 17.8 Å². The van der Waals surface area contributed by atoms with Crippen LogP contribution in [-0.4, -0.2) is 91.8 Å². The van der Waals surface area contributed by atoms with Gasteiger partial charge in [-0.15, -0.1) is 0 Å². The number of nitrogens with two attached hydrogens (primary N) is 1. The van der Waals surface area contributed by atoms with Gasteiger partial charge in [0, 0.05) is 36.6 Å². The molecular formula is C50H82N8O8S. The van der Waals surface area contributed by atoms with Gasteiger partial charge in [-0.1, -0.05) is 109 Å². The maximum Gasteiger partial charge on any atom is 0.408 e. The SMILES string of the molecule is CCCCCCCCCCCCCCCC(=O)OCCSC[C@H](NC(=O)OC(C)(C)C)C(=O)C[C@@H](COC(C)(C)C)C(=O)Nc1ccc(Cn2c(=O)[nH]c3c(N)nc(NCCCC)nc32)cc1. The Morgan fingerprint density at radius 2 is 1.43 bits per heavy atom. The summed E-state index contributed by atoms with van der Waals surface area (Å²) in [6, 6.07) is 6.02. The van der Waals surface area contributed by atoms with Crippen LogP contribution in [-0.2, 0) is 35.1 Å². The van der Waals surface area contributed by atoms with Crippen LogP contribution in [0.2, 0.25) is 0 Å². The van der Waals surface area contributed by atoms with Gasteiger partial charge in [-0.05, 0) is 72.1 Å². The molecule has 376 valence electrons. The Balaban J connectivity index is 1.55. The molecular weight excluding hydrogens is 873 g/mol. The van der Waals surface area contributed by atoms with Crippen LogP contribution in [0.5, 0.6) is 0 Å². The normalized spacial score (nSPS) is 12.7. The van der Waals surface area contributed by atoms with Crippen molar-refractivity contribution >= 4 is 64.1 Å². The number of carbonyl (C=O) groups is 4. The lowest BCUT2D eigenvalue weighted by Gasteiger charge is -2.26. The van der Waals surface area contributed by atoms with E-state index in [-0.39, 0.29) is 55.2 Å². The lowest BCUT2D eigenvalue weighted by atomic mass is 9.98. The number of fused-ring (bicyclic) bond motifs is 1. The number of esters is 1. The van der Waals surface area contributed by atoms with E-state index >= 15 is 0 Å². The van der Waals surface area contributed by atoms with Crippen LogP contribution in [0.25, 0.3) is 11.2 Å². The largest absolute Gasteiger partial charge is 0.465 e. The lowest BCUT2D eigenvalue weighted by Crippen LogP contribution is -2.46. The number of alkyl carbamates (subject to hydrolysis) is 1. The second kappa shape index (κ2) is 30.0. The van der Waals surface area contributed by atoms with Gasteiger partial charge in [0.05, 0.1) is 30.7 Å². The van der Waals surface area contributed by atoms with Crippen LogP contribution in [0.3, 0.4) is 0 Å². The number of imidazole rings is 1. The van der Waals surface area contributed by atoms with Crippen LogP contribution < -0.4 is 27.4 Å². The molecule has 0 aliphatic carbocycles. The number of ether oxygens (including phenoxy) is 3. The number of ketones is 1. The number of carbonyl (C=O) groups excluding carboxylic acids is 4. The average Bonchev–Trinajstić information content (AvgIpc) is 3.57. The number of nitrogen functional groups attached to an aromatic ring is 1. The number of aromatic amines is 1. The minimum Gasteiger partial charge on any atom is -0.465 e. The van der Waals surface area contributed by atoms with Crippen LogP contribution in [0.15, 0.2) is 29.1 Å². The van der Waals surface area contributed by atoms with Crippen molar-refractivity contribution in [2.24, 2.45) is 5.92 Å². The lowest BCUT2D eigenvalue weighted by molar-refractivity contribution is -0.143. The standard InChI is InChI=1S/C50H82N8O8S/c1-9-11-13-14-15-16-17-18-19-20-21-22-23-24-41(60)64-30-31-67-35-39(54-48(63)66-50(6,7)8)40(59)32-37(34-65-49(3,4)5)45(61)53-38-27-25-36(26-28-38)33-58-44-42(55-47(58)62)43(51)56-46(57-44)52-29-12-10-2/h25-28,37,39H,9-24,29-35H2,1-8H3,(H,53,61)(H,54,63)(H,55,62)(H3,51,52,56,57)/t37-,39-/m0/s1. The van der Waals surface area contributed by atoms with Gasteiger partial charge in [-0.2, -0.15) is 21.7 Å². The molecule has 1 aromatic carbocycles. The number of nitrogens with zero attached hydrogens (tertiary/aromatic N) is 3. The zero-order valence-corrected chi connectivity index (χ0v) is 42.6. The van der Waals surface area contributed by atoms with Gasteiger partial charge in [-0.25, -0.2) is 9.59 Å². The Morgan fingerprint density at radius 1 is 0.821 bits per heavy atom. The van der Waals surface area contributed by atoms with Gasteiger partial charge in [0.2, 0.25) is 11.9 Å². The highest BCUT2D eigenvalue weighted by atomic mass is 32.2. The fraction of sp³-hybridized carbons (Fsp3) is 0.700. The molecule has 67 heavy (non-hydrogen) atoms. The van der Waals surface area contributed by atoms with Crippen molar-refractivity contribution in [3.8, 4) is 0 Å². The van der Waals surface area contributed by atoms with Gasteiger partial charge in [0.15, 0.2) is 17.2 Å². The molecule has 0 spiro atoms. The van der Waals surface area contributed by atoms with E-state index in [2.05, 4.69) is 44.7 Å². The monoisotopic (exact) mass is 955 g/mol. The van der Waals surface area contributed by atoms with Gasteiger partial charge in [0.1, 0.15) is 17.7 Å². The first kappa shape index (κ1) is 56.7. The Hall–Kier alpha value is -4.64. The number of nitrogens with one attached hydrogen (secondary N) is 4. The molecule has 17 heteroatoms. The van der Waals surface area contributed by atoms with E-state index in [1.807, 2.05) is 20.8 Å². The summed E-state index contributed by atoms with van der Waals surface area (Å²) in [6.45, 7) is 16.1. The molecule has 0 fully saturated rings. The van der Waals surface area contributed by atoms with E-state index in [9.17, 15) is 24.0 Å². The number of Topliss-reactive ketones (excluding diaryl/α,β-unsaturated/α-hetero) is 1. The summed E-state index contributed by atoms with van der Waals surface area (Å²) in [5.74, 6) is -0.840. The van der Waals surface area contributed by atoms with Crippen molar-refractivity contribution in [1.29, 1.82) is 0 Å². The molecule has 2 atom stereocenters. The van der Waals surface area contributed by atoms with Crippen LogP contribution in [0, 0.1) is 5.92 Å². The van der Waals surface area contributed by atoms with Crippen molar-refractivity contribution in [2.45, 2.75) is 188 Å². The molecule has 16 nitrogen and oxygen atoms in total. The topological polar surface area (TPSA) is 222 Å². The third-order valence-electron chi connectivity index (χ3n) is 10.9. The Labute approximate surface area is 403 Å². The van der Waals surface area contributed by atoms with Crippen LogP contribution in [0.4, 0.5) is 22.2 Å². The molecule has 0 unspecified atom stereocenters. The average molecular weight is 955 g/mol. The van der Waals surface area contributed by atoms with E-state index in [0.717, 1.165) is 37.7 Å². The summed E-state index contributed by atoms with van der Waals surface area (Å²) in [5.41, 5.74) is 6.34. The molecule has 0 radical (unpaired) electrons. The molecule has 2 aromatic heterocycles. The number of benzene rings is 1. The number of amides is 2. The summed E-state index contributed by atoms with van der Waals surface area (Å²) in [7, 11) is 0. The first-order valence-corrected chi connectivity index (χ1v) is 25.8. The van der Waals surface area contributed by atoms with Gasteiger partial charge < -0.3 is 40.9 Å². The maximum atomic E-state index is 14.0. The van der Waals surface area contributed by atoms with E-state index in [0.29, 0.717) is 41.5 Å². The molecule has 0 saturated heterocycles.